The Morgan fingerprint density at radius 2 is 0.744 bits per heavy atom. The molecule has 4 rings (SSSR count). The fourth-order valence-electron chi connectivity index (χ4n) is 4.25. The predicted molar refractivity (Wildman–Crippen MR) is 144 cm³/mol. The second-order valence-electron chi connectivity index (χ2n) is 7.91. The fourth-order valence-corrected chi connectivity index (χ4v) is 8.78. The van der Waals surface area contributed by atoms with Crippen LogP contribution in [-0.4, -0.2) is 111 Å². The molecule has 4 aromatic carbocycles. The Morgan fingerprint density at radius 1 is 0.462 bits per heavy atom. The second-order valence-corrected chi connectivity index (χ2v) is 13.3. The summed E-state index contributed by atoms with van der Waals surface area (Å²) in [5.41, 5.74) is -1.12. The molecule has 0 unspecified atom stereocenters. The van der Waals surface area contributed by atoms with E-state index < -0.39 is 77.6 Å². The van der Waals surface area contributed by atoms with Gasteiger partial charge in [0.1, 0.15) is 19.6 Å². The normalized spacial score (nSPS) is 12.6. The van der Waals surface area contributed by atoms with Crippen molar-refractivity contribution in [2.45, 2.75) is 26.0 Å². The molecule has 0 fully saturated rings. The van der Waals surface area contributed by atoms with Gasteiger partial charge < -0.3 is 0 Å². The summed E-state index contributed by atoms with van der Waals surface area (Å²) in [5.74, 6) is 0. The van der Waals surface area contributed by atoms with Gasteiger partial charge in [0.05, 0.1) is 0 Å². The zero-order valence-electron chi connectivity index (χ0n) is 18.2. The van der Waals surface area contributed by atoms with Gasteiger partial charge in [0.15, 0.2) is 0 Å². The zero-order chi connectivity index (χ0) is 27.6. The van der Waals surface area contributed by atoms with E-state index in [0.29, 0.717) is 0 Å². The van der Waals surface area contributed by atoms with Crippen LogP contribution in [0.2, 0.25) is 0 Å². The minimum absolute atomic E-state index is 0. The van der Waals surface area contributed by atoms with E-state index in [1.54, 1.807) is 0 Å². The molecule has 0 aromatic heterocycles. The molecular formula is C21H18Na2O12S4. The summed E-state index contributed by atoms with van der Waals surface area (Å²) >= 11 is 0. The summed E-state index contributed by atoms with van der Waals surface area (Å²) in [4.78, 5) is -4.94. The summed E-state index contributed by atoms with van der Waals surface area (Å²) in [7, 11) is -21.4. The van der Waals surface area contributed by atoms with Gasteiger partial charge in [-0.15, -0.1) is 0 Å². The van der Waals surface area contributed by atoms with E-state index >= 15 is 0 Å². The third-order valence-corrected chi connectivity index (χ3v) is 9.58. The van der Waals surface area contributed by atoms with E-state index in [1.165, 1.54) is 36.4 Å². The van der Waals surface area contributed by atoms with E-state index in [0.717, 1.165) is 24.3 Å². The van der Waals surface area contributed by atoms with E-state index in [4.69, 9.17) is 0 Å². The first kappa shape index (κ1) is 34.2. The maximum absolute atomic E-state index is 12.4. The van der Waals surface area contributed by atoms with Crippen LogP contribution in [0.4, 0.5) is 0 Å². The molecule has 0 amide bonds. The van der Waals surface area contributed by atoms with E-state index in [9.17, 15) is 51.9 Å². The Hall–Kier alpha value is -0.960. The molecule has 0 bridgehead atoms. The van der Waals surface area contributed by atoms with Crippen molar-refractivity contribution in [3.8, 4) is 0 Å². The average Bonchev–Trinajstić information content (AvgIpc) is 2.74. The van der Waals surface area contributed by atoms with Crippen LogP contribution in [0.25, 0.3) is 21.5 Å². The summed E-state index contributed by atoms with van der Waals surface area (Å²) in [6.07, 6.45) is -0.884. The van der Waals surface area contributed by atoms with Crippen molar-refractivity contribution in [2.75, 3.05) is 0 Å². The zero-order valence-corrected chi connectivity index (χ0v) is 21.4. The monoisotopic (exact) mass is 636 g/mol. The third-order valence-electron chi connectivity index (χ3n) is 5.48. The van der Waals surface area contributed by atoms with E-state index in [2.05, 4.69) is 0 Å². The van der Waals surface area contributed by atoms with Crippen molar-refractivity contribution in [3.63, 3.8) is 0 Å². The van der Waals surface area contributed by atoms with Gasteiger partial charge in [-0.25, -0.2) is 0 Å². The van der Waals surface area contributed by atoms with Crippen molar-refractivity contribution >= 4 is 121 Å². The average molecular weight is 637 g/mol. The maximum atomic E-state index is 12.4. The molecule has 0 aliphatic rings. The standard InChI is InChI=1S/C21H16O12S4.2Na.2H/c22-34(23,24)18-14(9-12-5-1-3-7-16(12)20(18)36(28,29)30)11-15-10-13-6-2-4-8-17(13)21(37(31,32)33)19(15)35(25,26)27;;;;/h1-10H,11H2,(H,22,23,24)(H,25,26,27)(H,28,29,30)(H,31,32,33);;;;. The van der Waals surface area contributed by atoms with Gasteiger partial charge in [-0.3, -0.25) is 18.2 Å². The van der Waals surface area contributed by atoms with Crippen LogP contribution in [-0.2, 0) is 46.9 Å². The Balaban J connectivity index is 0.00000267. The molecule has 4 aromatic rings. The molecule has 0 saturated heterocycles. The number of hydrogen-bond acceptors (Lipinski definition) is 8. The summed E-state index contributed by atoms with van der Waals surface area (Å²) in [6.45, 7) is 0. The van der Waals surface area contributed by atoms with Gasteiger partial charge in [-0.1, -0.05) is 48.5 Å². The number of benzene rings is 4. The molecule has 0 saturated carbocycles. The predicted octanol–water partition coefficient (Wildman–Crippen LogP) is 1.27. The quantitative estimate of drug-likeness (QED) is 0.174. The van der Waals surface area contributed by atoms with Crippen LogP contribution >= 0.6 is 0 Å². The van der Waals surface area contributed by atoms with Gasteiger partial charge in [0, 0.05) is 17.2 Å². The second kappa shape index (κ2) is 11.7. The Morgan fingerprint density at radius 3 is 1.03 bits per heavy atom. The van der Waals surface area contributed by atoms with E-state index in [1.807, 2.05) is 0 Å². The van der Waals surface area contributed by atoms with Crippen LogP contribution in [0.15, 0.2) is 80.2 Å². The van der Waals surface area contributed by atoms with Crippen molar-refractivity contribution in [2.24, 2.45) is 0 Å². The molecule has 0 aliphatic carbocycles. The van der Waals surface area contributed by atoms with Crippen LogP contribution in [0, 0.1) is 0 Å². The van der Waals surface area contributed by atoms with E-state index in [-0.39, 0.29) is 80.7 Å². The molecule has 4 N–H and O–H groups in total. The number of hydrogen-bond donors (Lipinski definition) is 4. The van der Waals surface area contributed by atoms with Gasteiger partial charge in [0.2, 0.25) is 0 Å². The molecule has 0 spiro atoms. The summed E-state index contributed by atoms with van der Waals surface area (Å²) in [5, 5.41) is -0.453. The van der Waals surface area contributed by atoms with Crippen LogP contribution in [0.5, 0.6) is 0 Å². The molecular weight excluding hydrogens is 618 g/mol. The number of rotatable bonds is 6. The fraction of sp³-hybridized carbons (Fsp3) is 0.0476. The Labute approximate surface area is 268 Å². The van der Waals surface area contributed by atoms with Crippen molar-refractivity contribution in [1.29, 1.82) is 0 Å². The first-order chi connectivity index (χ1) is 16.9. The topological polar surface area (TPSA) is 217 Å². The SMILES string of the molecule is O=S(=O)(O)c1c(Cc2cc3ccccc3c(S(=O)(=O)O)c2S(=O)(=O)O)cc2ccccc2c1S(=O)(=O)O.[NaH].[NaH]. The minimum atomic E-state index is -5.41. The summed E-state index contributed by atoms with van der Waals surface area (Å²) in [6, 6.07) is 12.7. The van der Waals surface area contributed by atoms with Gasteiger partial charge in [-0.2, -0.15) is 33.7 Å². The molecule has 0 atom stereocenters. The van der Waals surface area contributed by atoms with Gasteiger partial charge >= 0.3 is 59.1 Å². The molecule has 12 nitrogen and oxygen atoms in total. The molecule has 0 aliphatic heterocycles. The first-order valence-electron chi connectivity index (χ1n) is 9.90. The first-order valence-corrected chi connectivity index (χ1v) is 15.7. The Kier molecular flexibility index (Phi) is 10.3. The molecule has 18 heteroatoms. The molecule has 0 radical (unpaired) electrons. The number of fused-ring (bicyclic) bond motifs is 2. The van der Waals surface area contributed by atoms with Gasteiger partial charge in [0.25, 0.3) is 40.5 Å². The van der Waals surface area contributed by atoms with Crippen molar-refractivity contribution in [1.82, 2.24) is 0 Å². The molecule has 200 valence electrons. The summed E-state index contributed by atoms with van der Waals surface area (Å²) < 4.78 is 138. The van der Waals surface area contributed by atoms with Crippen molar-refractivity contribution in [3.05, 3.63) is 71.8 Å². The third kappa shape index (κ3) is 6.92. The van der Waals surface area contributed by atoms with Gasteiger partial charge in [-0.05, 0) is 34.0 Å². The van der Waals surface area contributed by atoms with Crippen LogP contribution in [0.1, 0.15) is 11.1 Å². The van der Waals surface area contributed by atoms with Crippen LogP contribution < -0.4 is 0 Å². The molecule has 0 heterocycles. The Bertz CT molecular complexity index is 1910. The molecule has 39 heavy (non-hydrogen) atoms. The van der Waals surface area contributed by atoms with Crippen LogP contribution in [0.3, 0.4) is 0 Å². The van der Waals surface area contributed by atoms with Crippen molar-refractivity contribution < 1.29 is 51.9 Å².